The van der Waals surface area contributed by atoms with Crippen LogP contribution in [0.1, 0.15) is 33.6 Å². The van der Waals surface area contributed by atoms with Crippen LogP contribution in [0.25, 0.3) is 0 Å². The molecule has 4 atom stereocenters. The maximum Gasteiger partial charge on any atom is 0.322 e. The Morgan fingerprint density at radius 1 is 1.59 bits per heavy atom. The molecule has 17 heavy (non-hydrogen) atoms. The highest BCUT2D eigenvalue weighted by molar-refractivity contribution is 5.75. The monoisotopic (exact) mass is 241 g/mol. The van der Waals surface area contributed by atoms with Crippen molar-refractivity contribution in [3.8, 4) is 0 Å². The summed E-state index contributed by atoms with van der Waals surface area (Å²) in [6, 6.07) is 0.171. The number of methoxy groups -OCH3 is 1. The van der Waals surface area contributed by atoms with E-state index in [9.17, 15) is 4.79 Å². The summed E-state index contributed by atoms with van der Waals surface area (Å²) < 4.78 is 10.6. The lowest BCUT2D eigenvalue weighted by Gasteiger charge is -2.55. The molecule has 1 aliphatic carbocycles. The predicted octanol–water partition coefficient (Wildman–Crippen LogP) is 1.34. The molecule has 4 heteroatoms. The molecule has 98 valence electrons. The number of hydrogen-bond donors (Lipinski definition) is 1. The van der Waals surface area contributed by atoms with Crippen LogP contribution in [0.15, 0.2) is 0 Å². The van der Waals surface area contributed by atoms with Gasteiger partial charge in [-0.05, 0) is 12.8 Å². The second kappa shape index (κ2) is 4.58. The van der Waals surface area contributed by atoms with E-state index in [1.807, 2.05) is 6.92 Å². The molecule has 0 radical (unpaired) electrons. The smallest absolute Gasteiger partial charge is 0.322 e. The molecule has 4 unspecified atom stereocenters. The van der Waals surface area contributed by atoms with Crippen LogP contribution in [-0.4, -0.2) is 37.9 Å². The zero-order chi connectivity index (χ0) is 12.6. The molecule has 1 heterocycles. The minimum atomic E-state index is -0.189. The van der Waals surface area contributed by atoms with Crippen LogP contribution in [0, 0.1) is 11.3 Å². The standard InChI is InChI=1S/C13H23NO3/c1-5-9(12(15)16-4)14-10-8-6-7-17-11(8)13(10,2)3/h8-11,14H,5-7H2,1-4H3. The third-order valence-electron chi connectivity index (χ3n) is 4.38. The maximum atomic E-state index is 11.6. The SMILES string of the molecule is CCC(NC1C2CCOC2C1(C)C)C(=O)OC. The molecule has 1 N–H and O–H groups in total. The summed E-state index contributed by atoms with van der Waals surface area (Å²) in [4.78, 5) is 11.6. The average Bonchev–Trinajstić information content (AvgIpc) is 2.76. The normalized spacial score (nSPS) is 35.9. The van der Waals surface area contributed by atoms with Crippen molar-refractivity contribution in [2.24, 2.45) is 11.3 Å². The van der Waals surface area contributed by atoms with E-state index in [0.717, 1.165) is 19.4 Å². The summed E-state index contributed by atoms with van der Waals surface area (Å²) >= 11 is 0. The van der Waals surface area contributed by atoms with E-state index in [-0.39, 0.29) is 17.4 Å². The molecule has 2 fully saturated rings. The summed E-state index contributed by atoms with van der Waals surface area (Å²) in [6.07, 6.45) is 2.22. The van der Waals surface area contributed by atoms with Crippen LogP contribution in [-0.2, 0) is 14.3 Å². The summed E-state index contributed by atoms with van der Waals surface area (Å²) in [5.74, 6) is 0.398. The van der Waals surface area contributed by atoms with E-state index >= 15 is 0 Å². The van der Waals surface area contributed by atoms with Crippen molar-refractivity contribution in [2.45, 2.75) is 51.8 Å². The van der Waals surface area contributed by atoms with Gasteiger partial charge in [0.1, 0.15) is 6.04 Å². The largest absolute Gasteiger partial charge is 0.468 e. The molecule has 2 aliphatic rings. The number of nitrogens with one attached hydrogen (secondary N) is 1. The molecule has 1 saturated carbocycles. The van der Waals surface area contributed by atoms with Gasteiger partial charge in [-0.1, -0.05) is 20.8 Å². The number of esters is 1. The summed E-state index contributed by atoms with van der Waals surface area (Å²) in [5.41, 5.74) is 0.114. The van der Waals surface area contributed by atoms with Gasteiger partial charge >= 0.3 is 5.97 Å². The van der Waals surface area contributed by atoms with E-state index in [4.69, 9.17) is 9.47 Å². The van der Waals surface area contributed by atoms with Gasteiger partial charge in [-0.2, -0.15) is 0 Å². The van der Waals surface area contributed by atoms with Gasteiger partial charge < -0.3 is 14.8 Å². The first-order valence-electron chi connectivity index (χ1n) is 6.47. The Morgan fingerprint density at radius 3 is 2.88 bits per heavy atom. The van der Waals surface area contributed by atoms with Gasteiger partial charge in [0.15, 0.2) is 0 Å². The van der Waals surface area contributed by atoms with E-state index in [1.165, 1.54) is 7.11 Å². The minimum Gasteiger partial charge on any atom is -0.468 e. The number of rotatable bonds is 4. The van der Waals surface area contributed by atoms with Crippen LogP contribution in [0.3, 0.4) is 0 Å². The van der Waals surface area contributed by atoms with Crippen LogP contribution in [0.2, 0.25) is 0 Å². The summed E-state index contributed by atoms with van der Waals surface area (Å²) in [5, 5.41) is 3.46. The second-order valence-electron chi connectivity index (χ2n) is 5.69. The van der Waals surface area contributed by atoms with E-state index in [1.54, 1.807) is 0 Å². The van der Waals surface area contributed by atoms with E-state index < -0.39 is 0 Å². The first kappa shape index (κ1) is 12.8. The highest BCUT2D eigenvalue weighted by atomic mass is 16.5. The van der Waals surface area contributed by atoms with Crippen molar-refractivity contribution in [1.29, 1.82) is 0 Å². The highest BCUT2D eigenvalue weighted by Gasteiger charge is 2.59. The fourth-order valence-corrected chi connectivity index (χ4v) is 3.37. The van der Waals surface area contributed by atoms with E-state index in [2.05, 4.69) is 19.2 Å². The van der Waals surface area contributed by atoms with Gasteiger partial charge in [0.05, 0.1) is 13.2 Å². The highest BCUT2D eigenvalue weighted by Crippen LogP contribution is 2.52. The third-order valence-corrected chi connectivity index (χ3v) is 4.38. The van der Waals surface area contributed by atoms with Crippen molar-refractivity contribution in [2.75, 3.05) is 13.7 Å². The topological polar surface area (TPSA) is 47.6 Å². The first-order valence-corrected chi connectivity index (χ1v) is 6.47. The van der Waals surface area contributed by atoms with Crippen molar-refractivity contribution in [3.05, 3.63) is 0 Å². The van der Waals surface area contributed by atoms with Crippen LogP contribution in [0.5, 0.6) is 0 Å². The fraction of sp³-hybridized carbons (Fsp3) is 0.923. The lowest BCUT2D eigenvalue weighted by molar-refractivity contribution is -0.148. The van der Waals surface area contributed by atoms with Crippen LogP contribution >= 0.6 is 0 Å². The molecule has 0 aromatic carbocycles. The van der Waals surface area contributed by atoms with Gasteiger partial charge in [-0.3, -0.25) is 4.79 Å². The van der Waals surface area contributed by atoms with E-state index in [0.29, 0.717) is 18.1 Å². The minimum absolute atomic E-state index is 0.114. The van der Waals surface area contributed by atoms with Gasteiger partial charge in [0.25, 0.3) is 0 Å². The Kier molecular flexibility index (Phi) is 3.46. The Labute approximate surface area is 103 Å². The molecule has 2 rings (SSSR count). The number of hydrogen-bond acceptors (Lipinski definition) is 4. The van der Waals surface area contributed by atoms with Crippen LogP contribution < -0.4 is 5.32 Å². The Balaban J connectivity index is 2.01. The van der Waals surface area contributed by atoms with Gasteiger partial charge in [-0.15, -0.1) is 0 Å². The molecular weight excluding hydrogens is 218 g/mol. The number of fused-ring (bicyclic) bond motifs is 1. The number of carbonyl (C=O) groups is 1. The molecule has 4 nitrogen and oxygen atoms in total. The number of carbonyl (C=O) groups excluding carboxylic acids is 1. The molecule has 0 aromatic heterocycles. The predicted molar refractivity (Wildman–Crippen MR) is 64.6 cm³/mol. The Hall–Kier alpha value is -0.610. The van der Waals surface area contributed by atoms with Gasteiger partial charge in [-0.25, -0.2) is 0 Å². The van der Waals surface area contributed by atoms with Crippen molar-refractivity contribution in [1.82, 2.24) is 5.32 Å². The number of ether oxygens (including phenoxy) is 2. The third kappa shape index (κ3) is 1.97. The molecule has 0 aromatic rings. The summed E-state index contributed by atoms with van der Waals surface area (Å²) in [7, 11) is 1.44. The molecule has 1 saturated heterocycles. The molecule has 0 spiro atoms. The fourth-order valence-electron chi connectivity index (χ4n) is 3.37. The quantitative estimate of drug-likeness (QED) is 0.755. The summed E-state index contributed by atoms with van der Waals surface area (Å²) in [6.45, 7) is 7.27. The molecule has 0 amide bonds. The average molecular weight is 241 g/mol. The first-order chi connectivity index (χ1) is 8.02. The molecule has 1 aliphatic heterocycles. The van der Waals surface area contributed by atoms with Crippen molar-refractivity contribution < 1.29 is 14.3 Å². The molecule has 0 bridgehead atoms. The second-order valence-corrected chi connectivity index (χ2v) is 5.69. The zero-order valence-electron chi connectivity index (χ0n) is 11.2. The zero-order valence-corrected chi connectivity index (χ0v) is 11.2. The van der Waals surface area contributed by atoms with Crippen molar-refractivity contribution in [3.63, 3.8) is 0 Å². The van der Waals surface area contributed by atoms with Crippen molar-refractivity contribution >= 4 is 5.97 Å². The lowest BCUT2D eigenvalue weighted by Crippen LogP contribution is -2.68. The van der Waals surface area contributed by atoms with Gasteiger partial charge in [0.2, 0.25) is 0 Å². The Morgan fingerprint density at radius 2 is 2.29 bits per heavy atom. The van der Waals surface area contributed by atoms with Gasteiger partial charge in [0, 0.05) is 24.0 Å². The maximum absolute atomic E-state index is 11.6. The Bertz CT molecular complexity index is 303. The molecular formula is C13H23NO3. The van der Waals surface area contributed by atoms with Crippen LogP contribution in [0.4, 0.5) is 0 Å². The lowest BCUT2D eigenvalue weighted by atomic mass is 9.57.